The summed E-state index contributed by atoms with van der Waals surface area (Å²) in [6.45, 7) is 0.164. The van der Waals surface area contributed by atoms with Crippen molar-refractivity contribution in [1.29, 1.82) is 0 Å². The van der Waals surface area contributed by atoms with Gasteiger partial charge in [0, 0.05) is 18.7 Å². The van der Waals surface area contributed by atoms with Gasteiger partial charge in [-0.2, -0.15) is 0 Å². The summed E-state index contributed by atoms with van der Waals surface area (Å²) in [7, 11) is 0. The van der Waals surface area contributed by atoms with Crippen LogP contribution in [0.5, 0.6) is 0 Å². The van der Waals surface area contributed by atoms with Crippen LogP contribution < -0.4 is 5.48 Å². The van der Waals surface area contributed by atoms with Crippen molar-refractivity contribution in [2.75, 3.05) is 0 Å². The van der Waals surface area contributed by atoms with Crippen LogP contribution in [0.2, 0.25) is 5.02 Å². The Bertz CT molecular complexity index is 330. The molecule has 0 fully saturated rings. The van der Waals surface area contributed by atoms with E-state index in [1.165, 1.54) is 18.2 Å². The molecule has 1 aromatic carbocycles. The van der Waals surface area contributed by atoms with Crippen LogP contribution in [-0.2, 0) is 6.54 Å². The third-order valence-electron chi connectivity index (χ3n) is 1.52. The first kappa shape index (κ1) is 9.91. The lowest BCUT2D eigenvalue weighted by molar-refractivity contribution is -0.384. The number of hydrogen-bond donors (Lipinski definition) is 2. The number of halogens is 1. The molecular formula is C7H7ClN2O3. The second-order valence-corrected chi connectivity index (χ2v) is 2.77. The highest BCUT2D eigenvalue weighted by Crippen LogP contribution is 2.21. The van der Waals surface area contributed by atoms with Crippen molar-refractivity contribution in [2.24, 2.45) is 0 Å². The predicted octanol–water partition coefficient (Wildman–Crippen LogP) is 1.73. The Morgan fingerprint density at radius 3 is 2.77 bits per heavy atom. The summed E-state index contributed by atoms with van der Waals surface area (Å²) in [5.41, 5.74) is 2.46. The second kappa shape index (κ2) is 4.18. The standard InChI is InChI=1S/C7H7ClN2O3/c8-7-3-6(10(12)13)2-1-5(7)4-9-11/h1-3,9,11H,4H2. The van der Waals surface area contributed by atoms with E-state index in [1.54, 1.807) is 0 Å². The minimum absolute atomic E-state index is 0.0633. The number of rotatable bonds is 3. The van der Waals surface area contributed by atoms with Gasteiger partial charge >= 0.3 is 0 Å². The Morgan fingerprint density at radius 1 is 1.62 bits per heavy atom. The van der Waals surface area contributed by atoms with Crippen LogP contribution in [0.1, 0.15) is 5.56 Å². The van der Waals surface area contributed by atoms with Gasteiger partial charge in [-0.05, 0) is 11.6 Å². The SMILES string of the molecule is O=[N+]([O-])c1ccc(CNO)c(Cl)c1. The molecular weight excluding hydrogens is 196 g/mol. The summed E-state index contributed by atoms with van der Waals surface area (Å²) in [5, 5.41) is 18.9. The van der Waals surface area contributed by atoms with Crippen LogP contribution in [0.25, 0.3) is 0 Å². The normalized spacial score (nSPS) is 10.0. The quantitative estimate of drug-likeness (QED) is 0.578. The van der Waals surface area contributed by atoms with Gasteiger partial charge in [-0.25, -0.2) is 5.48 Å². The monoisotopic (exact) mass is 202 g/mol. The van der Waals surface area contributed by atoms with Crippen LogP contribution >= 0.6 is 11.6 Å². The smallest absolute Gasteiger partial charge is 0.270 e. The Labute approximate surface area is 79.1 Å². The summed E-state index contributed by atoms with van der Waals surface area (Å²) >= 11 is 5.70. The van der Waals surface area contributed by atoms with E-state index in [0.717, 1.165) is 0 Å². The number of benzene rings is 1. The van der Waals surface area contributed by atoms with Crippen LogP contribution in [0.4, 0.5) is 5.69 Å². The third kappa shape index (κ3) is 2.38. The molecule has 0 heterocycles. The summed E-state index contributed by atoms with van der Waals surface area (Å²) < 4.78 is 0. The van der Waals surface area contributed by atoms with Crippen molar-refractivity contribution in [3.8, 4) is 0 Å². The Morgan fingerprint density at radius 2 is 2.31 bits per heavy atom. The van der Waals surface area contributed by atoms with Crippen LogP contribution in [0, 0.1) is 10.1 Å². The van der Waals surface area contributed by atoms with Crippen molar-refractivity contribution in [2.45, 2.75) is 6.54 Å². The molecule has 0 saturated carbocycles. The lowest BCUT2D eigenvalue weighted by atomic mass is 10.2. The zero-order valence-electron chi connectivity index (χ0n) is 6.53. The third-order valence-corrected chi connectivity index (χ3v) is 1.87. The molecule has 6 heteroatoms. The minimum atomic E-state index is -0.526. The highest BCUT2D eigenvalue weighted by molar-refractivity contribution is 6.31. The number of nitrogens with one attached hydrogen (secondary N) is 1. The van der Waals surface area contributed by atoms with Crippen LogP contribution in [-0.4, -0.2) is 10.1 Å². The average Bonchev–Trinajstić information content (AvgIpc) is 2.08. The van der Waals surface area contributed by atoms with Crippen molar-refractivity contribution in [1.82, 2.24) is 5.48 Å². The van der Waals surface area contributed by atoms with Crippen molar-refractivity contribution < 1.29 is 10.1 Å². The zero-order valence-corrected chi connectivity index (χ0v) is 7.28. The van der Waals surface area contributed by atoms with Crippen molar-refractivity contribution >= 4 is 17.3 Å². The van der Waals surface area contributed by atoms with Gasteiger partial charge in [0.05, 0.1) is 9.95 Å². The van der Waals surface area contributed by atoms with Crippen molar-refractivity contribution in [3.05, 3.63) is 38.9 Å². The Hall–Kier alpha value is -1.17. The number of hydroxylamine groups is 1. The largest absolute Gasteiger partial charge is 0.316 e. The summed E-state index contributed by atoms with van der Waals surface area (Å²) in [6.07, 6.45) is 0. The molecule has 70 valence electrons. The highest BCUT2D eigenvalue weighted by atomic mass is 35.5. The van der Waals surface area contributed by atoms with Gasteiger partial charge in [0.25, 0.3) is 5.69 Å². The maximum atomic E-state index is 10.3. The van der Waals surface area contributed by atoms with E-state index in [2.05, 4.69) is 0 Å². The molecule has 0 amide bonds. The lowest BCUT2D eigenvalue weighted by Gasteiger charge is -2.01. The first-order valence-electron chi connectivity index (χ1n) is 3.45. The van der Waals surface area contributed by atoms with E-state index in [0.29, 0.717) is 5.56 Å². The maximum absolute atomic E-state index is 10.3. The van der Waals surface area contributed by atoms with Gasteiger partial charge < -0.3 is 5.21 Å². The number of nitrogens with zero attached hydrogens (tertiary/aromatic N) is 1. The molecule has 0 aromatic heterocycles. The number of nitro groups is 1. The number of nitro benzene ring substituents is 1. The molecule has 0 radical (unpaired) electrons. The minimum Gasteiger partial charge on any atom is -0.316 e. The topological polar surface area (TPSA) is 75.4 Å². The van der Waals surface area contributed by atoms with Gasteiger partial charge in [-0.3, -0.25) is 10.1 Å². The summed E-state index contributed by atoms with van der Waals surface area (Å²) in [6, 6.07) is 4.07. The Balaban J connectivity index is 2.98. The maximum Gasteiger partial charge on any atom is 0.270 e. The zero-order chi connectivity index (χ0) is 9.84. The molecule has 2 N–H and O–H groups in total. The van der Waals surface area contributed by atoms with E-state index in [1.807, 2.05) is 5.48 Å². The lowest BCUT2D eigenvalue weighted by Crippen LogP contribution is -2.06. The number of non-ortho nitro benzene ring substituents is 1. The molecule has 0 bridgehead atoms. The second-order valence-electron chi connectivity index (χ2n) is 2.37. The molecule has 0 saturated heterocycles. The molecule has 0 aliphatic rings. The molecule has 13 heavy (non-hydrogen) atoms. The molecule has 1 aromatic rings. The fraction of sp³-hybridized carbons (Fsp3) is 0.143. The van der Waals surface area contributed by atoms with Gasteiger partial charge in [-0.15, -0.1) is 0 Å². The van der Waals surface area contributed by atoms with Crippen LogP contribution in [0.3, 0.4) is 0 Å². The molecule has 0 aliphatic carbocycles. The van der Waals surface area contributed by atoms with Gasteiger partial charge in [0.2, 0.25) is 0 Å². The molecule has 0 spiro atoms. The number of hydrogen-bond acceptors (Lipinski definition) is 4. The molecule has 0 unspecified atom stereocenters. The van der Waals surface area contributed by atoms with Crippen molar-refractivity contribution in [3.63, 3.8) is 0 Å². The van der Waals surface area contributed by atoms with Gasteiger partial charge in [0.1, 0.15) is 0 Å². The molecule has 0 aliphatic heterocycles. The fourth-order valence-electron chi connectivity index (χ4n) is 0.878. The first-order chi connectivity index (χ1) is 6.15. The Kier molecular flexibility index (Phi) is 3.18. The molecule has 5 nitrogen and oxygen atoms in total. The fourth-order valence-corrected chi connectivity index (χ4v) is 1.12. The van der Waals surface area contributed by atoms with E-state index in [4.69, 9.17) is 16.8 Å². The van der Waals surface area contributed by atoms with E-state index < -0.39 is 4.92 Å². The average molecular weight is 203 g/mol. The first-order valence-corrected chi connectivity index (χ1v) is 3.82. The summed E-state index contributed by atoms with van der Waals surface area (Å²) in [5.74, 6) is 0. The van der Waals surface area contributed by atoms with E-state index in [-0.39, 0.29) is 17.3 Å². The van der Waals surface area contributed by atoms with Gasteiger partial charge in [-0.1, -0.05) is 11.6 Å². The van der Waals surface area contributed by atoms with E-state index >= 15 is 0 Å². The summed E-state index contributed by atoms with van der Waals surface area (Å²) in [4.78, 5) is 9.78. The molecule has 0 atom stereocenters. The highest BCUT2D eigenvalue weighted by Gasteiger charge is 2.08. The van der Waals surface area contributed by atoms with E-state index in [9.17, 15) is 10.1 Å². The van der Waals surface area contributed by atoms with Gasteiger partial charge in [0.15, 0.2) is 0 Å². The predicted molar refractivity (Wildman–Crippen MR) is 46.7 cm³/mol. The van der Waals surface area contributed by atoms with Crippen LogP contribution in [0.15, 0.2) is 18.2 Å². The molecule has 1 rings (SSSR count).